The molecule has 0 spiro atoms. The molecule has 28 heavy (non-hydrogen) atoms. The summed E-state index contributed by atoms with van der Waals surface area (Å²) >= 11 is 0. The molecular weight excluding hydrogens is 344 g/mol. The molecule has 1 amide bonds. The monoisotopic (exact) mass is 376 g/mol. The van der Waals surface area contributed by atoms with Gasteiger partial charge in [0.15, 0.2) is 0 Å². The summed E-state index contributed by atoms with van der Waals surface area (Å²) in [4.78, 5) is 15.2. The van der Waals surface area contributed by atoms with E-state index < -0.39 is 0 Å². The molecule has 2 aromatic carbocycles. The Kier molecular flexibility index (Phi) is 5.82. The van der Waals surface area contributed by atoms with Crippen molar-refractivity contribution < 1.29 is 4.79 Å². The van der Waals surface area contributed by atoms with E-state index in [4.69, 9.17) is 0 Å². The highest BCUT2D eigenvalue weighted by Gasteiger charge is 2.17. The van der Waals surface area contributed by atoms with Gasteiger partial charge in [-0.05, 0) is 92.4 Å². The van der Waals surface area contributed by atoms with Crippen LogP contribution in [0, 0.1) is 5.92 Å². The molecule has 1 fully saturated rings. The third-order valence-electron chi connectivity index (χ3n) is 6.47. The first kappa shape index (κ1) is 19.2. The number of piperidine rings is 1. The summed E-state index contributed by atoms with van der Waals surface area (Å²) in [5, 5.41) is 3.16. The van der Waals surface area contributed by atoms with Gasteiger partial charge in [-0.15, -0.1) is 0 Å². The van der Waals surface area contributed by atoms with Gasteiger partial charge in [0.2, 0.25) is 0 Å². The fraction of sp³-hybridized carbons (Fsp3) is 0.480. The van der Waals surface area contributed by atoms with Crippen molar-refractivity contribution in [3.63, 3.8) is 0 Å². The third-order valence-corrected chi connectivity index (χ3v) is 6.47. The fourth-order valence-corrected chi connectivity index (χ4v) is 4.46. The molecule has 2 aromatic rings. The van der Waals surface area contributed by atoms with E-state index in [2.05, 4.69) is 54.4 Å². The number of aryl methyl sites for hydroxylation is 2. The zero-order valence-electron chi connectivity index (χ0n) is 17.2. The minimum atomic E-state index is 0.00588. The molecule has 1 heterocycles. The highest BCUT2D eigenvalue weighted by molar-refractivity contribution is 5.94. The number of carbonyl (C=O) groups excluding carboxylic acids is 1. The number of nitrogens with zero attached hydrogens (tertiary/aromatic N) is 1. The summed E-state index contributed by atoms with van der Waals surface area (Å²) in [6.07, 6.45) is 6.20. The Hall–Kier alpha value is -2.13. The van der Waals surface area contributed by atoms with E-state index in [0.29, 0.717) is 0 Å². The van der Waals surface area contributed by atoms with E-state index in [1.54, 1.807) is 0 Å². The number of hydrogen-bond donors (Lipinski definition) is 1. The van der Waals surface area contributed by atoms with Crippen LogP contribution in [0.25, 0.3) is 0 Å². The summed E-state index contributed by atoms with van der Waals surface area (Å²) in [5.41, 5.74) is 6.16. The maximum atomic E-state index is 12.7. The molecule has 1 aliphatic heterocycles. The smallest absolute Gasteiger partial charge is 0.251 e. The molecule has 0 radical (unpaired) electrons. The summed E-state index contributed by atoms with van der Waals surface area (Å²) < 4.78 is 0. The Morgan fingerprint density at radius 3 is 2.54 bits per heavy atom. The number of likely N-dealkylation sites (tertiary alicyclic amines) is 1. The molecule has 1 N–H and O–H groups in total. The average molecular weight is 377 g/mol. The number of benzene rings is 2. The summed E-state index contributed by atoms with van der Waals surface area (Å²) in [5.74, 6) is 0.862. The van der Waals surface area contributed by atoms with E-state index in [0.717, 1.165) is 18.0 Å². The number of fused-ring (bicyclic) bond motifs is 1. The molecule has 2 aliphatic rings. The summed E-state index contributed by atoms with van der Waals surface area (Å²) in [7, 11) is 0. The zero-order chi connectivity index (χ0) is 19.5. The molecule has 4 rings (SSSR count). The van der Waals surface area contributed by atoms with Gasteiger partial charge in [0, 0.05) is 12.1 Å². The van der Waals surface area contributed by atoms with Crippen molar-refractivity contribution in [2.75, 3.05) is 13.1 Å². The van der Waals surface area contributed by atoms with Crippen LogP contribution in [0.2, 0.25) is 0 Å². The molecule has 3 nitrogen and oxygen atoms in total. The molecular formula is C25H32N2O. The van der Waals surface area contributed by atoms with Gasteiger partial charge in [-0.2, -0.15) is 0 Å². The van der Waals surface area contributed by atoms with Crippen LogP contribution in [-0.4, -0.2) is 23.9 Å². The molecule has 3 heteroatoms. The standard InChI is InChI=1S/C25H32N2O/c1-18-12-14-27(15-13-18)17-20-6-8-22(9-7-20)25(28)26-19(2)23-11-10-21-4-3-5-24(21)16-23/h6-11,16,18-19H,3-5,12-15,17H2,1-2H3,(H,26,28)/t19-/m0/s1. The Morgan fingerprint density at radius 2 is 1.79 bits per heavy atom. The third kappa shape index (κ3) is 4.47. The van der Waals surface area contributed by atoms with E-state index in [1.807, 2.05) is 12.1 Å². The largest absolute Gasteiger partial charge is 0.346 e. The van der Waals surface area contributed by atoms with Crippen molar-refractivity contribution in [2.45, 2.75) is 58.5 Å². The first-order valence-corrected chi connectivity index (χ1v) is 10.8. The Morgan fingerprint density at radius 1 is 1.07 bits per heavy atom. The highest BCUT2D eigenvalue weighted by atomic mass is 16.1. The van der Waals surface area contributed by atoms with Gasteiger partial charge in [0.25, 0.3) is 5.91 Å². The van der Waals surface area contributed by atoms with E-state index in [-0.39, 0.29) is 11.9 Å². The van der Waals surface area contributed by atoms with Gasteiger partial charge in [-0.3, -0.25) is 9.69 Å². The maximum absolute atomic E-state index is 12.7. The molecule has 1 saturated heterocycles. The summed E-state index contributed by atoms with van der Waals surface area (Å²) in [6, 6.07) is 14.8. The van der Waals surface area contributed by atoms with Crippen LogP contribution in [0.1, 0.15) is 71.8 Å². The van der Waals surface area contributed by atoms with Crippen LogP contribution in [0.4, 0.5) is 0 Å². The Bertz CT molecular complexity index is 819. The second kappa shape index (κ2) is 8.48. The SMILES string of the molecule is CC1CCN(Cc2ccc(C(=O)N[C@@H](C)c3ccc4c(c3)CCC4)cc2)CC1. The van der Waals surface area contributed by atoms with Gasteiger partial charge in [-0.1, -0.05) is 37.3 Å². The van der Waals surface area contributed by atoms with E-state index in [1.165, 1.54) is 67.4 Å². The molecule has 1 aliphatic carbocycles. The lowest BCUT2D eigenvalue weighted by Crippen LogP contribution is -2.32. The number of nitrogens with one attached hydrogen (secondary N) is 1. The minimum absolute atomic E-state index is 0.00588. The first-order valence-electron chi connectivity index (χ1n) is 10.8. The molecule has 0 unspecified atom stereocenters. The molecule has 0 saturated carbocycles. The highest BCUT2D eigenvalue weighted by Crippen LogP contribution is 2.25. The topological polar surface area (TPSA) is 32.3 Å². The number of rotatable bonds is 5. The van der Waals surface area contributed by atoms with Crippen LogP contribution in [0.15, 0.2) is 42.5 Å². The Labute approximate surface area is 169 Å². The Balaban J connectivity index is 1.34. The van der Waals surface area contributed by atoms with Crippen molar-refractivity contribution in [2.24, 2.45) is 5.92 Å². The lowest BCUT2D eigenvalue weighted by Gasteiger charge is -2.30. The molecule has 0 aromatic heterocycles. The van der Waals surface area contributed by atoms with Crippen LogP contribution < -0.4 is 5.32 Å². The van der Waals surface area contributed by atoms with Gasteiger partial charge in [-0.25, -0.2) is 0 Å². The first-order chi connectivity index (χ1) is 13.6. The van der Waals surface area contributed by atoms with Crippen molar-refractivity contribution >= 4 is 5.91 Å². The van der Waals surface area contributed by atoms with Crippen molar-refractivity contribution in [3.05, 3.63) is 70.3 Å². The quantitative estimate of drug-likeness (QED) is 0.805. The number of amides is 1. The molecule has 0 bridgehead atoms. The van der Waals surface area contributed by atoms with Crippen LogP contribution in [0.5, 0.6) is 0 Å². The molecule has 1 atom stereocenters. The van der Waals surface area contributed by atoms with Crippen LogP contribution in [-0.2, 0) is 19.4 Å². The number of carbonyl (C=O) groups is 1. The fourth-order valence-electron chi connectivity index (χ4n) is 4.46. The lowest BCUT2D eigenvalue weighted by molar-refractivity contribution is 0.0940. The van der Waals surface area contributed by atoms with Gasteiger partial charge >= 0.3 is 0 Å². The zero-order valence-corrected chi connectivity index (χ0v) is 17.2. The van der Waals surface area contributed by atoms with Gasteiger partial charge < -0.3 is 5.32 Å². The van der Waals surface area contributed by atoms with Crippen LogP contribution >= 0.6 is 0 Å². The van der Waals surface area contributed by atoms with Crippen LogP contribution in [0.3, 0.4) is 0 Å². The predicted octanol–water partition coefficient (Wildman–Crippen LogP) is 4.90. The lowest BCUT2D eigenvalue weighted by atomic mass is 9.98. The van der Waals surface area contributed by atoms with Gasteiger partial charge in [0.05, 0.1) is 6.04 Å². The average Bonchev–Trinajstić information content (AvgIpc) is 3.18. The molecule has 148 valence electrons. The maximum Gasteiger partial charge on any atom is 0.251 e. The van der Waals surface area contributed by atoms with E-state index in [9.17, 15) is 4.79 Å². The number of hydrogen-bond acceptors (Lipinski definition) is 2. The minimum Gasteiger partial charge on any atom is -0.346 e. The van der Waals surface area contributed by atoms with Crippen molar-refractivity contribution in [1.29, 1.82) is 0 Å². The normalized spacial score (nSPS) is 18.6. The summed E-state index contributed by atoms with van der Waals surface area (Å²) in [6.45, 7) is 7.76. The van der Waals surface area contributed by atoms with E-state index >= 15 is 0 Å². The van der Waals surface area contributed by atoms with Gasteiger partial charge in [0.1, 0.15) is 0 Å². The second-order valence-electron chi connectivity index (χ2n) is 8.73. The van der Waals surface area contributed by atoms with Crippen molar-refractivity contribution in [1.82, 2.24) is 10.2 Å². The predicted molar refractivity (Wildman–Crippen MR) is 114 cm³/mol. The van der Waals surface area contributed by atoms with Crippen molar-refractivity contribution in [3.8, 4) is 0 Å². The second-order valence-corrected chi connectivity index (χ2v) is 8.73.